The molecule has 0 radical (unpaired) electrons. The molecule has 2 amide bonds. The summed E-state index contributed by atoms with van der Waals surface area (Å²) >= 11 is 0. The Morgan fingerprint density at radius 3 is 2.50 bits per heavy atom. The first-order chi connectivity index (χ1) is 8.67. The SMILES string of the molecule is C=CCNC(=O)c1ccc(CNC(=O)OC)cc1. The van der Waals surface area contributed by atoms with Gasteiger partial charge in [-0.15, -0.1) is 6.58 Å². The molecule has 1 aromatic carbocycles. The molecule has 0 spiro atoms. The van der Waals surface area contributed by atoms with Gasteiger partial charge in [0.05, 0.1) is 7.11 Å². The molecule has 0 heterocycles. The molecule has 0 aliphatic rings. The number of hydrogen-bond donors (Lipinski definition) is 2. The first-order valence-electron chi connectivity index (χ1n) is 5.47. The van der Waals surface area contributed by atoms with Gasteiger partial charge in [0, 0.05) is 18.7 Å². The number of ether oxygens (including phenoxy) is 1. The zero-order chi connectivity index (χ0) is 13.4. The number of amides is 2. The van der Waals surface area contributed by atoms with Gasteiger partial charge in [-0.25, -0.2) is 4.79 Å². The van der Waals surface area contributed by atoms with E-state index in [1.807, 2.05) is 0 Å². The van der Waals surface area contributed by atoms with E-state index in [2.05, 4.69) is 21.9 Å². The van der Waals surface area contributed by atoms with Crippen molar-refractivity contribution in [2.75, 3.05) is 13.7 Å². The Labute approximate surface area is 106 Å². The van der Waals surface area contributed by atoms with Crippen LogP contribution in [0.15, 0.2) is 36.9 Å². The van der Waals surface area contributed by atoms with E-state index in [1.165, 1.54) is 7.11 Å². The fourth-order valence-corrected chi connectivity index (χ4v) is 1.29. The van der Waals surface area contributed by atoms with Gasteiger partial charge in [-0.05, 0) is 17.7 Å². The summed E-state index contributed by atoms with van der Waals surface area (Å²) in [5, 5.41) is 5.24. The third-order valence-electron chi connectivity index (χ3n) is 2.25. The minimum Gasteiger partial charge on any atom is -0.453 e. The molecule has 1 aromatic rings. The van der Waals surface area contributed by atoms with Crippen molar-refractivity contribution in [1.82, 2.24) is 10.6 Å². The fourth-order valence-electron chi connectivity index (χ4n) is 1.29. The van der Waals surface area contributed by atoms with Crippen LogP contribution in [0.3, 0.4) is 0 Å². The van der Waals surface area contributed by atoms with Crippen molar-refractivity contribution in [2.24, 2.45) is 0 Å². The molecular weight excluding hydrogens is 232 g/mol. The van der Waals surface area contributed by atoms with E-state index in [0.717, 1.165) is 5.56 Å². The van der Waals surface area contributed by atoms with Crippen molar-refractivity contribution >= 4 is 12.0 Å². The molecule has 0 saturated heterocycles. The van der Waals surface area contributed by atoms with Crippen LogP contribution in [0.1, 0.15) is 15.9 Å². The Hall–Kier alpha value is -2.30. The van der Waals surface area contributed by atoms with Gasteiger partial charge in [0.15, 0.2) is 0 Å². The number of rotatable bonds is 5. The second-order valence-corrected chi connectivity index (χ2v) is 3.54. The lowest BCUT2D eigenvalue weighted by Gasteiger charge is -2.05. The molecule has 0 aliphatic heterocycles. The van der Waals surface area contributed by atoms with E-state index in [0.29, 0.717) is 18.7 Å². The summed E-state index contributed by atoms with van der Waals surface area (Å²) in [4.78, 5) is 22.5. The number of nitrogens with one attached hydrogen (secondary N) is 2. The molecule has 0 aromatic heterocycles. The van der Waals surface area contributed by atoms with E-state index in [-0.39, 0.29) is 5.91 Å². The van der Waals surface area contributed by atoms with Gasteiger partial charge in [0.25, 0.3) is 5.91 Å². The van der Waals surface area contributed by atoms with Crippen molar-refractivity contribution in [3.05, 3.63) is 48.0 Å². The highest BCUT2D eigenvalue weighted by atomic mass is 16.5. The summed E-state index contributed by atoms with van der Waals surface area (Å²) in [5.41, 5.74) is 1.46. The summed E-state index contributed by atoms with van der Waals surface area (Å²) in [6.45, 7) is 4.32. The number of carbonyl (C=O) groups excluding carboxylic acids is 2. The fraction of sp³-hybridized carbons (Fsp3) is 0.231. The molecule has 0 atom stereocenters. The molecule has 0 bridgehead atoms. The summed E-state index contributed by atoms with van der Waals surface area (Å²) in [6, 6.07) is 6.96. The lowest BCUT2D eigenvalue weighted by atomic mass is 10.1. The van der Waals surface area contributed by atoms with Crippen LogP contribution < -0.4 is 10.6 Å². The van der Waals surface area contributed by atoms with Crippen molar-refractivity contribution in [3.8, 4) is 0 Å². The number of hydrogen-bond acceptors (Lipinski definition) is 3. The maximum Gasteiger partial charge on any atom is 0.407 e. The standard InChI is InChI=1S/C13H16N2O3/c1-3-8-14-12(16)11-6-4-10(5-7-11)9-15-13(17)18-2/h3-7H,1,8-9H2,2H3,(H,14,16)(H,15,17). The minimum atomic E-state index is -0.484. The Bertz CT molecular complexity index is 426. The molecule has 18 heavy (non-hydrogen) atoms. The smallest absolute Gasteiger partial charge is 0.407 e. The summed E-state index contributed by atoms with van der Waals surface area (Å²) < 4.78 is 4.45. The van der Waals surface area contributed by atoms with Gasteiger partial charge in [-0.3, -0.25) is 4.79 Å². The Kier molecular flexibility index (Phi) is 5.44. The second-order valence-electron chi connectivity index (χ2n) is 3.54. The highest BCUT2D eigenvalue weighted by Gasteiger charge is 2.04. The topological polar surface area (TPSA) is 67.4 Å². The summed E-state index contributed by atoms with van der Waals surface area (Å²) in [7, 11) is 1.31. The van der Waals surface area contributed by atoms with Crippen molar-refractivity contribution in [1.29, 1.82) is 0 Å². The zero-order valence-corrected chi connectivity index (χ0v) is 10.2. The molecule has 2 N–H and O–H groups in total. The second kappa shape index (κ2) is 7.11. The Morgan fingerprint density at radius 1 is 1.28 bits per heavy atom. The van der Waals surface area contributed by atoms with E-state index < -0.39 is 6.09 Å². The molecule has 5 heteroatoms. The third kappa shape index (κ3) is 4.29. The predicted molar refractivity (Wildman–Crippen MR) is 68.2 cm³/mol. The highest BCUT2D eigenvalue weighted by molar-refractivity contribution is 5.94. The molecule has 0 fully saturated rings. The molecular formula is C13H16N2O3. The third-order valence-corrected chi connectivity index (χ3v) is 2.25. The highest BCUT2D eigenvalue weighted by Crippen LogP contribution is 2.04. The van der Waals surface area contributed by atoms with Gasteiger partial charge < -0.3 is 15.4 Å². The maximum atomic E-state index is 11.6. The quantitative estimate of drug-likeness (QED) is 0.775. The van der Waals surface area contributed by atoms with E-state index >= 15 is 0 Å². The normalized spacial score (nSPS) is 9.39. The maximum absolute atomic E-state index is 11.6. The average Bonchev–Trinajstić information content (AvgIpc) is 2.42. The molecule has 96 valence electrons. The van der Waals surface area contributed by atoms with Gasteiger partial charge in [-0.2, -0.15) is 0 Å². The average molecular weight is 248 g/mol. The monoisotopic (exact) mass is 248 g/mol. The summed E-state index contributed by atoms with van der Waals surface area (Å²) in [6.07, 6.45) is 1.13. The van der Waals surface area contributed by atoms with Crippen molar-refractivity contribution in [2.45, 2.75) is 6.54 Å². The molecule has 5 nitrogen and oxygen atoms in total. The van der Waals surface area contributed by atoms with Gasteiger partial charge in [0.2, 0.25) is 0 Å². The number of alkyl carbamates (subject to hydrolysis) is 1. The van der Waals surface area contributed by atoms with Crippen LogP contribution in [-0.2, 0) is 11.3 Å². The summed E-state index contributed by atoms with van der Waals surface area (Å²) in [5.74, 6) is -0.151. The molecule has 0 saturated carbocycles. The van der Waals surface area contributed by atoms with Gasteiger partial charge >= 0.3 is 6.09 Å². The van der Waals surface area contributed by atoms with Gasteiger partial charge in [0.1, 0.15) is 0 Å². The van der Waals surface area contributed by atoms with Crippen LogP contribution in [-0.4, -0.2) is 25.7 Å². The van der Waals surface area contributed by atoms with Gasteiger partial charge in [-0.1, -0.05) is 18.2 Å². The number of benzene rings is 1. The van der Waals surface area contributed by atoms with E-state index in [1.54, 1.807) is 30.3 Å². The van der Waals surface area contributed by atoms with Crippen LogP contribution in [0.5, 0.6) is 0 Å². The molecule has 0 aliphatic carbocycles. The van der Waals surface area contributed by atoms with E-state index in [9.17, 15) is 9.59 Å². The minimum absolute atomic E-state index is 0.151. The first-order valence-corrected chi connectivity index (χ1v) is 5.47. The molecule has 0 unspecified atom stereocenters. The largest absolute Gasteiger partial charge is 0.453 e. The van der Waals surface area contributed by atoms with Crippen molar-refractivity contribution in [3.63, 3.8) is 0 Å². The Balaban J connectivity index is 2.54. The first kappa shape index (κ1) is 13.8. The van der Waals surface area contributed by atoms with Crippen molar-refractivity contribution < 1.29 is 14.3 Å². The van der Waals surface area contributed by atoms with Crippen LogP contribution >= 0.6 is 0 Å². The lowest BCUT2D eigenvalue weighted by Crippen LogP contribution is -2.24. The Morgan fingerprint density at radius 2 is 1.94 bits per heavy atom. The van der Waals surface area contributed by atoms with E-state index in [4.69, 9.17) is 0 Å². The zero-order valence-electron chi connectivity index (χ0n) is 10.2. The molecule has 1 rings (SSSR count). The predicted octanol–water partition coefficient (Wildman–Crippen LogP) is 1.46. The van der Waals surface area contributed by atoms with Crippen LogP contribution in [0.4, 0.5) is 4.79 Å². The van der Waals surface area contributed by atoms with Crippen LogP contribution in [0, 0.1) is 0 Å². The number of carbonyl (C=O) groups is 2. The lowest BCUT2D eigenvalue weighted by molar-refractivity contribution is 0.0958. The number of methoxy groups -OCH3 is 1. The van der Waals surface area contributed by atoms with Crippen LogP contribution in [0.25, 0.3) is 0 Å². The van der Waals surface area contributed by atoms with Crippen LogP contribution in [0.2, 0.25) is 0 Å².